The topological polar surface area (TPSA) is 92.0 Å². The van der Waals surface area contributed by atoms with Gasteiger partial charge in [0.15, 0.2) is 16.8 Å². The van der Waals surface area contributed by atoms with Crippen molar-refractivity contribution in [1.29, 1.82) is 0 Å². The molecular formula is C24H21N5O3S. The molecule has 0 bridgehead atoms. The first-order chi connectivity index (χ1) is 16.3. The third-order valence-electron chi connectivity index (χ3n) is 5.00. The predicted molar refractivity (Wildman–Crippen MR) is 123 cm³/mol. The van der Waals surface area contributed by atoms with E-state index in [4.69, 9.17) is 13.7 Å². The number of methoxy groups -OCH3 is 1. The van der Waals surface area contributed by atoms with Crippen LogP contribution in [-0.4, -0.2) is 32.0 Å². The van der Waals surface area contributed by atoms with Crippen LogP contribution in [0, 0.1) is 0 Å². The number of thioether (sulfide) groups is 1. The first-order valence-electron chi connectivity index (χ1n) is 10.4. The zero-order valence-electron chi connectivity index (χ0n) is 17.9. The summed E-state index contributed by atoms with van der Waals surface area (Å²) < 4.78 is 18.6. The van der Waals surface area contributed by atoms with Gasteiger partial charge in [0.1, 0.15) is 11.5 Å². The Balaban J connectivity index is 1.37. The van der Waals surface area contributed by atoms with E-state index in [1.54, 1.807) is 13.4 Å². The van der Waals surface area contributed by atoms with Gasteiger partial charge in [0.2, 0.25) is 5.89 Å². The number of rotatable bonds is 9. The van der Waals surface area contributed by atoms with Gasteiger partial charge in [0.05, 0.1) is 31.2 Å². The van der Waals surface area contributed by atoms with Crippen molar-refractivity contribution in [2.45, 2.75) is 23.9 Å². The van der Waals surface area contributed by atoms with Crippen LogP contribution >= 0.6 is 11.8 Å². The van der Waals surface area contributed by atoms with Crippen LogP contribution in [0.3, 0.4) is 0 Å². The molecule has 5 rings (SSSR count). The fourth-order valence-electron chi connectivity index (χ4n) is 3.45. The van der Waals surface area contributed by atoms with E-state index >= 15 is 0 Å². The Morgan fingerprint density at radius 2 is 1.82 bits per heavy atom. The number of hydrogen-bond acceptors (Lipinski definition) is 8. The molecule has 2 aromatic carbocycles. The van der Waals surface area contributed by atoms with Crippen molar-refractivity contribution in [2.75, 3.05) is 7.11 Å². The molecule has 0 aliphatic carbocycles. The van der Waals surface area contributed by atoms with E-state index in [0.29, 0.717) is 36.3 Å². The molecule has 0 aliphatic heterocycles. The van der Waals surface area contributed by atoms with Crippen molar-refractivity contribution in [3.63, 3.8) is 0 Å². The average Bonchev–Trinajstić information content (AvgIpc) is 3.61. The quantitative estimate of drug-likeness (QED) is 0.289. The second-order valence-corrected chi connectivity index (χ2v) is 8.17. The number of para-hydroxylation sites is 1. The maximum atomic E-state index is 5.57. The smallest absolute Gasteiger partial charge is 0.237 e. The molecule has 0 saturated carbocycles. The van der Waals surface area contributed by atoms with Crippen LogP contribution in [0.25, 0.3) is 11.4 Å². The van der Waals surface area contributed by atoms with Crippen molar-refractivity contribution in [1.82, 2.24) is 24.9 Å². The molecule has 0 saturated heterocycles. The zero-order chi connectivity index (χ0) is 22.5. The van der Waals surface area contributed by atoms with Gasteiger partial charge >= 0.3 is 0 Å². The molecule has 8 nitrogen and oxygen atoms in total. The van der Waals surface area contributed by atoms with E-state index in [2.05, 4.69) is 20.3 Å². The lowest BCUT2D eigenvalue weighted by Crippen LogP contribution is -2.04. The van der Waals surface area contributed by atoms with Gasteiger partial charge in [0, 0.05) is 6.42 Å². The Morgan fingerprint density at radius 3 is 2.64 bits per heavy atom. The summed E-state index contributed by atoms with van der Waals surface area (Å²) in [6.07, 6.45) is 2.28. The van der Waals surface area contributed by atoms with E-state index < -0.39 is 0 Å². The SMILES string of the molecule is COc1ccccc1-c1nnc(SCc2nc(Cc3ccccc3)no2)n1Cc1ccco1. The van der Waals surface area contributed by atoms with Gasteiger partial charge in [-0.2, -0.15) is 4.98 Å². The molecule has 0 fully saturated rings. The largest absolute Gasteiger partial charge is 0.496 e. The Morgan fingerprint density at radius 1 is 0.970 bits per heavy atom. The number of hydrogen-bond donors (Lipinski definition) is 0. The highest BCUT2D eigenvalue weighted by atomic mass is 32.2. The standard InChI is InChI=1S/C24H21N5O3S/c1-30-20-12-6-5-11-19(20)23-26-27-24(29(23)15-18-10-7-13-31-18)33-16-22-25-21(28-32-22)14-17-8-3-2-4-9-17/h2-13H,14-16H2,1H3. The summed E-state index contributed by atoms with van der Waals surface area (Å²) in [7, 11) is 1.64. The first-order valence-corrected chi connectivity index (χ1v) is 11.4. The highest BCUT2D eigenvalue weighted by Gasteiger charge is 2.19. The molecule has 166 valence electrons. The molecule has 0 aliphatic rings. The van der Waals surface area contributed by atoms with Crippen molar-refractivity contribution in [3.8, 4) is 17.1 Å². The summed E-state index contributed by atoms with van der Waals surface area (Å²) >= 11 is 1.48. The Kier molecular flexibility index (Phi) is 6.21. The van der Waals surface area contributed by atoms with Crippen molar-refractivity contribution in [2.24, 2.45) is 0 Å². The summed E-state index contributed by atoms with van der Waals surface area (Å²) in [4.78, 5) is 4.52. The third-order valence-corrected chi connectivity index (χ3v) is 5.95. The normalized spacial score (nSPS) is 11.1. The zero-order valence-corrected chi connectivity index (χ0v) is 18.7. The Labute approximate surface area is 194 Å². The van der Waals surface area contributed by atoms with Gasteiger partial charge in [-0.25, -0.2) is 0 Å². The van der Waals surface area contributed by atoms with E-state index in [9.17, 15) is 0 Å². The van der Waals surface area contributed by atoms with Crippen molar-refractivity contribution >= 4 is 11.8 Å². The fraction of sp³-hybridized carbons (Fsp3) is 0.167. The number of aromatic nitrogens is 5. The molecule has 0 atom stereocenters. The fourth-order valence-corrected chi connectivity index (χ4v) is 4.23. The highest BCUT2D eigenvalue weighted by Crippen LogP contribution is 2.32. The lowest BCUT2D eigenvalue weighted by Gasteiger charge is -2.11. The van der Waals surface area contributed by atoms with Crippen LogP contribution in [0.15, 0.2) is 87.1 Å². The second kappa shape index (κ2) is 9.74. The lowest BCUT2D eigenvalue weighted by atomic mass is 10.1. The molecular weight excluding hydrogens is 438 g/mol. The highest BCUT2D eigenvalue weighted by molar-refractivity contribution is 7.98. The molecule has 5 aromatic rings. The van der Waals surface area contributed by atoms with Gasteiger partial charge in [-0.05, 0) is 29.8 Å². The second-order valence-electron chi connectivity index (χ2n) is 7.23. The molecule has 3 heterocycles. The molecule has 3 aromatic heterocycles. The summed E-state index contributed by atoms with van der Waals surface area (Å²) in [5.41, 5.74) is 1.99. The minimum atomic E-state index is 0.476. The number of furan rings is 1. The van der Waals surface area contributed by atoms with Gasteiger partial charge < -0.3 is 13.7 Å². The Hall–Kier alpha value is -3.85. The maximum Gasteiger partial charge on any atom is 0.237 e. The molecule has 0 amide bonds. The monoisotopic (exact) mass is 459 g/mol. The summed E-state index contributed by atoms with van der Waals surface area (Å²) in [6, 6.07) is 21.6. The Bertz CT molecular complexity index is 1320. The molecule has 0 spiro atoms. The van der Waals surface area contributed by atoms with Crippen LogP contribution in [0.1, 0.15) is 23.0 Å². The average molecular weight is 460 g/mol. The maximum absolute atomic E-state index is 5.57. The van der Waals surface area contributed by atoms with E-state index in [0.717, 1.165) is 27.8 Å². The van der Waals surface area contributed by atoms with E-state index in [1.807, 2.05) is 71.3 Å². The van der Waals surface area contributed by atoms with Crippen LogP contribution in [0.4, 0.5) is 0 Å². The molecule has 0 unspecified atom stereocenters. The van der Waals surface area contributed by atoms with Crippen LogP contribution < -0.4 is 4.74 Å². The lowest BCUT2D eigenvalue weighted by molar-refractivity contribution is 0.385. The molecule has 0 N–H and O–H groups in total. The van der Waals surface area contributed by atoms with Crippen LogP contribution in [-0.2, 0) is 18.7 Å². The summed E-state index contributed by atoms with van der Waals surface area (Å²) in [6.45, 7) is 0.485. The van der Waals surface area contributed by atoms with E-state index in [-0.39, 0.29) is 0 Å². The van der Waals surface area contributed by atoms with Crippen LogP contribution in [0.2, 0.25) is 0 Å². The van der Waals surface area contributed by atoms with Gasteiger partial charge in [0.25, 0.3) is 0 Å². The van der Waals surface area contributed by atoms with Crippen LogP contribution in [0.5, 0.6) is 5.75 Å². The minimum Gasteiger partial charge on any atom is -0.496 e. The molecule has 9 heteroatoms. The number of ether oxygens (including phenoxy) is 1. The van der Waals surface area contributed by atoms with Crippen molar-refractivity contribution < 1.29 is 13.7 Å². The summed E-state index contributed by atoms with van der Waals surface area (Å²) in [5.74, 6) is 3.90. The van der Waals surface area contributed by atoms with Gasteiger partial charge in [-0.1, -0.05) is 59.4 Å². The number of nitrogens with zero attached hydrogens (tertiary/aromatic N) is 5. The first kappa shape index (κ1) is 21.0. The van der Waals surface area contributed by atoms with Gasteiger partial charge in [-0.3, -0.25) is 4.57 Å². The van der Waals surface area contributed by atoms with Crippen molar-refractivity contribution in [3.05, 3.63) is 96.0 Å². The number of benzene rings is 2. The summed E-state index contributed by atoms with van der Waals surface area (Å²) in [5, 5.41) is 13.7. The third kappa shape index (κ3) is 4.83. The predicted octanol–water partition coefficient (Wildman–Crippen LogP) is 4.86. The van der Waals surface area contributed by atoms with E-state index in [1.165, 1.54) is 11.8 Å². The van der Waals surface area contributed by atoms with Gasteiger partial charge in [-0.15, -0.1) is 10.2 Å². The molecule has 0 radical (unpaired) electrons. The minimum absolute atomic E-state index is 0.476. The molecule has 33 heavy (non-hydrogen) atoms.